The van der Waals surface area contributed by atoms with Crippen LogP contribution in [0.5, 0.6) is 0 Å². The quantitative estimate of drug-likeness (QED) is 0.831. The van der Waals surface area contributed by atoms with E-state index in [-0.39, 0.29) is 17.3 Å². The van der Waals surface area contributed by atoms with Gasteiger partial charge in [0.05, 0.1) is 11.3 Å². The van der Waals surface area contributed by atoms with Crippen molar-refractivity contribution in [2.45, 2.75) is 58.0 Å². The van der Waals surface area contributed by atoms with Crippen molar-refractivity contribution in [1.82, 2.24) is 4.31 Å². The summed E-state index contributed by atoms with van der Waals surface area (Å²) < 4.78 is 26.0. The maximum Gasteiger partial charge on any atom is 0.216 e. The predicted molar refractivity (Wildman–Crippen MR) is 73.7 cm³/mol. The molecule has 18 heavy (non-hydrogen) atoms. The number of hydrogen-bond acceptors (Lipinski definition) is 3. The molecule has 2 fully saturated rings. The van der Waals surface area contributed by atoms with Crippen molar-refractivity contribution >= 4 is 10.0 Å². The van der Waals surface area contributed by atoms with Gasteiger partial charge < -0.3 is 5.73 Å². The zero-order valence-corrected chi connectivity index (χ0v) is 12.5. The zero-order chi connectivity index (χ0) is 13.6. The van der Waals surface area contributed by atoms with Crippen molar-refractivity contribution < 1.29 is 8.42 Å². The lowest BCUT2D eigenvalue weighted by atomic mass is 9.70. The Balaban J connectivity index is 2.22. The normalized spacial score (nSPS) is 40.7. The van der Waals surface area contributed by atoms with Crippen molar-refractivity contribution in [3.8, 4) is 0 Å². The van der Waals surface area contributed by atoms with Crippen LogP contribution in [0.2, 0.25) is 0 Å². The van der Waals surface area contributed by atoms with Crippen LogP contribution in [0, 0.1) is 11.8 Å². The Kier molecular flexibility index (Phi) is 3.78. The van der Waals surface area contributed by atoms with Crippen LogP contribution in [0.3, 0.4) is 0 Å². The van der Waals surface area contributed by atoms with Crippen LogP contribution in [0.25, 0.3) is 0 Å². The summed E-state index contributed by atoms with van der Waals surface area (Å²) in [6, 6.07) is -0.212. The standard InChI is InChI=1S/C13H26N2O2S/c1-4-15-13(12(14)9-18(15,16)17)7-5-11(6-8-13)10(2)3/h10-12H,4-9,14H2,1-3H3. The minimum atomic E-state index is -3.12. The zero-order valence-electron chi connectivity index (χ0n) is 11.7. The van der Waals surface area contributed by atoms with Crippen LogP contribution < -0.4 is 5.73 Å². The van der Waals surface area contributed by atoms with Crippen LogP contribution in [0.1, 0.15) is 46.5 Å². The van der Waals surface area contributed by atoms with Gasteiger partial charge in [-0.15, -0.1) is 0 Å². The van der Waals surface area contributed by atoms with Crippen molar-refractivity contribution in [1.29, 1.82) is 0 Å². The fraction of sp³-hybridized carbons (Fsp3) is 1.00. The van der Waals surface area contributed by atoms with Crippen LogP contribution >= 0.6 is 0 Å². The van der Waals surface area contributed by atoms with Crippen LogP contribution in [-0.2, 0) is 10.0 Å². The van der Waals surface area contributed by atoms with Gasteiger partial charge in [-0.05, 0) is 37.5 Å². The van der Waals surface area contributed by atoms with Crippen molar-refractivity contribution in [2.24, 2.45) is 17.6 Å². The Hall–Kier alpha value is -0.130. The molecule has 1 saturated heterocycles. The molecule has 2 aliphatic rings. The molecule has 0 bridgehead atoms. The molecule has 2 rings (SSSR count). The van der Waals surface area contributed by atoms with E-state index in [0.717, 1.165) is 31.6 Å². The minimum absolute atomic E-state index is 0.132. The summed E-state index contributed by atoms with van der Waals surface area (Å²) in [5.74, 6) is 1.55. The number of sulfonamides is 1. The second kappa shape index (κ2) is 4.76. The lowest BCUT2D eigenvalue weighted by molar-refractivity contribution is 0.0914. The summed E-state index contributed by atoms with van der Waals surface area (Å²) in [7, 11) is -3.12. The summed E-state index contributed by atoms with van der Waals surface area (Å²) in [4.78, 5) is 0. The molecule has 1 aliphatic carbocycles. The largest absolute Gasteiger partial charge is 0.325 e. The van der Waals surface area contributed by atoms with Gasteiger partial charge in [-0.25, -0.2) is 8.42 Å². The molecule has 106 valence electrons. The van der Waals surface area contributed by atoms with E-state index < -0.39 is 10.0 Å². The van der Waals surface area contributed by atoms with Crippen molar-refractivity contribution in [2.75, 3.05) is 12.3 Å². The monoisotopic (exact) mass is 274 g/mol. The Morgan fingerprint density at radius 3 is 2.33 bits per heavy atom. The highest BCUT2D eigenvalue weighted by Crippen LogP contribution is 2.45. The van der Waals surface area contributed by atoms with Gasteiger partial charge in [0.1, 0.15) is 0 Å². The number of hydrogen-bond donors (Lipinski definition) is 1. The van der Waals surface area contributed by atoms with Crippen molar-refractivity contribution in [3.05, 3.63) is 0 Å². The molecule has 0 amide bonds. The molecule has 1 spiro atoms. The van der Waals surface area contributed by atoms with Gasteiger partial charge in [0.2, 0.25) is 10.0 Å². The Bertz CT molecular complexity index is 397. The average molecular weight is 274 g/mol. The van der Waals surface area contributed by atoms with E-state index in [1.165, 1.54) is 0 Å². The molecule has 0 aromatic rings. The maximum atomic E-state index is 12.1. The Morgan fingerprint density at radius 1 is 1.33 bits per heavy atom. The molecule has 0 aromatic carbocycles. The first-order valence-electron chi connectivity index (χ1n) is 7.09. The van der Waals surface area contributed by atoms with E-state index in [1.807, 2.05) is 6.92 Å². The molecule has 1 aliphatic heterocycles. The molecule has 1 saturated carbocycles. The van der Waals surface area contributed by atoms with Gasteiger partial charge >= 0.3 is 0 Å². The van der Waals surface area contributed by atoms with Gasteiger partial charge in [-0.3, -0.25) is 0 Å². The van der Waals surface area contributed by atoms with E-state index in [4.69, 9.17) is 5.73 Å². The fourth-order valence-corrected chi connectivity index (χ4v) is 6.08. The minimum Gasteiger partial charge on any atom is -0.325 e. The van der Waals surface area contributed by atoms with Gasteiger partial charge in [-0.1, -0.05) is 20.8 Å². The second-order valence-corrected chi connectivity index (χ2v) is 8.17. The lowest BCUT2D eigenvalue weighted by Gasteiger charge is -2.45. The molecule has 1 heterocycles. The lowest BCUT2D eigenvalue weighted by Crippen LogP contribution is -2.56. The van der Waals surface area contributed by atoms with E-state index >= 15 is 0 Å². The van der Waals surface area contributed by atoms with E-state index in [9.17, 15) is 8.42 Å². The topological polar surface area (TPSA) is 63.4 Å². The van der Waals surface area contributed by atoms with Gasteiger partial charge in [0, 0.05) is 12.6 Å². The first-order valence-corrected chi connectivity index (χ1v) is 8.70. The van der Waals surface area contributed by atoms with E-state index in [0.29, 0.717) is 12.5 Å². The van der Waals surface area contributed by atoms with Crippen molar-refractivity contribution in [3.63, 3.8) is 0 Å². The molecule has 0 radical (unpaired) electrons. The molecule has 5 heteroatoms. The maximum absolute atomic E-state index is 12.1. The third kappa shape index (κ3) is 2.10. The van der Waals surface area contributed by atoms with Crippen LogP contribution in [-0.4, -0.2) is 36.6 Å². The summed E-state index contributed by atoms with van der Waals surface area (Å²) in [5.41, 5.74) is 5.91. The number of likely N-dealkylation sites (N-methyl/N-ethyl adjacent to an activating group) is 1. The fourth-order valence-electron chi connectivity index (χ4n) is 3.87. The highest BCUT2D eigenvalue weighted by atomic mass is 32.2. The molecular weight excluding hydrogens is 248 g/mol. The van der Waals surface area contributed by atoms with Crippen LogP contribution in [0.4, 0.5) is 0 Å². The molecule has 2 N–H and O–H groups in total. The summed E-state index contributed by atoms with van der Waals surface area (Å²) in [5, 5.41) is 0. The third-order valence-corrected chi connectivity index (χ3v) is 7.11. The SMILES string of the molecule is CCN1C2(CCC(C(C)C)CC2)C(N)CS1(=O)=O. The smallest absolute Gasteiger partial charge is 0.216 e. The molecular formula is C13H26N2O2S. The van der Waals surface area contributed by atoms with E-state index in [1.54, 1.807) is 4.31 Å². The third-order valence-electron chi connectivity index (χ3n) is 5.04. The number of nitrogens with two attached hydrogens (primary N) is 1. The summed E-state index contributed by atoms with van der Waals surface area (Å²) in [6.45, 7) is 6.99. The highest BCUT2D eigenvalue weighted by Gasteiger charge is 2.55. The Labute approximate surface area is 111 Å². The second-order valence-electron chi connectivity index (χ2n) is 6.23. The van der Waals surface area contributed by atoms with Crippen LogP contribution in [0.15, 0.2) is 0 Å². The Morgan fingerprint density at radius 2 is 1.89 bits per heavy atom. The number of rotatable bonds is 2. The first kappa shape index (κ1) is 14.3. The van der Waals surface area contributed by atoms with Gasteiger partial charge in [0.15, 0.2) is 0 Å². The highest BCUT2D eigenvalue weighted by molar-refractivity contribution is 7.89. The number of nitrogens with zero attached hydrogens (tertiary/aromatic N) is 1. The average Bonchev–Trinajstić information content (AvgIpc) is 2.46. The summed E-state index contributed by atoms with van der Waals surface area (Å²) >= 11 is 0. The molecule has 4 nitrogen and oxygen atoms in total. The first-order chi connectivity index (χ1) is 8.33. The summed E-state index contributed by atoms with van der Waals surface area (Å²) in [6.07, 6.45) is 4.09. The van der Waals surface area contributed by atoms with Gasteiger partial charge in [-0.2, -0.15) is 4.31 Å². The predicted octanol–water partition coefficient (Wildman–Crippen LogP) is 1.56. The molecule has 1 atom stereocenters. The molecule has 0 aromatic heterocycles. The molecule has 1 unspecified atom stereocenters. The van der Waals surface area contributed by atoms with E-state index in [2.05, 4.69) is 13.8 Å². The van der Waals surface area contributed by atoms with Gasteiger partial charge in [0.25, 0.3) is 0 Å².